The summed E-state index contributed by atoms with van der Waals surface area (Å²) >= 11 is 0. The smallest absolute Gasteiger partial charge is 0.431 e. The number of pyridine rings is 3. The second kappa shape index (κ2) is 12.1. The number of carbonyl (C=O) groups is 2. The van der Waals surface area contributed by atoms with Crippen LogP contribution in [0.5, 0.6) is 0 Å². The molecule has 0 aliphatic carbocycles. The molecule has 0 fully saturated rings. The molecule has 0 atom stereocenters. The minimum absolute atomic E-state index is 0.309. The average molecular weight is 512 g/mol. The molecule has 0 unspecified atom stereocenters. The number of nitrogens with zero attached hydrogens (tertiary/aromatic N) is 3. The molecule has 0 aliphatic heterocycles. The van der Waals surface area contributed by atoms with Crippen LogP contribution in [0.3, 0.4) is 0 Å². The van der Waals surface area contributed by atoms with Crippen LogP contribution >= 0.6 is 0 Å². The largest absolute Gasteiger partial charge is 0.442 e. The first-order chi connectivity index (χ1) is 18.3. The van der Waals surface area contributed by atoms with Gasteiger partial charge < -0.3 is 10.1 Å². The van der Waals surface area contributed by atoms with Crippen molar-refractivity contribution in [1.82, 2.24) is 25.7 Å². The van der Waals surface area contributed by atoms with Crippen LogP contribution in [0.15, 0.2) is 85.2 Å². The first-order valence-corrected chi connectivity index (χ1v) is 12.1. The second-order valence-corrected chi connectivity index (χ2v) is 9.42. The fraction of sp³-hybridized carbons (Fsp3) is 0.207. The zero-order valence-electron chi connectivity index (χ0n) is 21.5. The Hall–Kier alpha value is -4.63. The van der Waals surface area contributed by atoms with E-state index in [1.807, 2.05) is 72.8 Å². The van der Waals surface area contributed by atoms with Crippen LogP contribution in [0.4, 0.5) is 4.79 Å². The molecule has 3 heterocycles. The number of amides is 2. The van der Waals surface area contributed by atoms with E-state index in [0.29, 0.717) is 6.54 Å². The molecule has 9 nitrogen and oxygen atoms in total. The number of benzene rings is 1. The maximum Gasteiger partial charge on any atom is 0.431 e. The third-order valence-electron chi connectivity index (χ3n) is 5.21. The normalized spacial score (nSPS) is 11.0. The van der Waals surface area contributed by atoms with E-state index in [9.17, 15) is 9.59 Å². The van der Waals surface area contributed by atoms with Crippen molar-refractivity contribution in [3.8, 4) is 33.9 Å². The predicted molar refractivity (Wildman–Crippen MR) is 143 cm³/mol. The minimum atomic E-state index is -0.755. The molecule has 9 heteroatoms. The van der Waals surface area contributed by atoms with Gasteiger partial charge in [-0.25, -0.2) is 9.78 Å². The van der Waals surface area contributed by atoms with Crippen LogP contribution in [0.1, 0.15) is 26.3 Å². The molecule has 194 valence electrons. The molecule has 0 aliphatic rings. The average Bonchev–Trinajstić information content (AvgIpc) is 2.92. The second-order valence-electron chi connectivity index (χ2n) is 9.42. The predicted octanol–water partition coefficient (Wildman–Crippen LogP) is 4.95. The molecule has 3 aromatic heterocycles. The Balaban J connectivity index is 1.42. The fourth-order valence-corrected chi connectivity index (χ4v) is 3.51. The Morgan fingerprint density at radius 2 is 1.39 bits per heavy atom. The summed E-state index contributed by atoms with van der Waals surface area (Å²) in [5, 5.41) is 2.76. The number of carbonyl (C=O) groups excluding carboxylic acids is 2. The van der Waals surface area contributed by atoms with Crippen LogP contribution in [-0.4, -0.2) is 39.2 Å². The summed E-state index contributed by atoms with van der Waals surface area (Å²) in [6.45, 7) is 5.18. The quantitative estimate of drug-likeness (QED) is 0.322. The van der Waals surface area contributed by atoms with E-state index in [4.69, 9.17) is 14.6 Å². The molecule has 4 aromatic rings. The number of hydroxylamine groups is 1. The highest BCUT2D eigenvalue weighted by Gasteiger charge is 2.16. The maximum atomic E-state index is 12.1. The van der Waals surface area contributed by atoms with E-state index in [2.05, 4.69) is 20.8 Å². The number of rotatable bonds is 8. The van der Waals surface area contributed by atoms with E-state index in [-0.39, 0.29) is 12.5 Å². The van der Waals surface area contributed by atoms with Crippen LogP contribution in [0, 0.1) is 0 Å². The van der Waals surface area contributed by atoms with Crippen molar-refractivity contribution in [1.29, 1.82) is 0 Å². The van der Waals surface area contributed by atoms with Gasteiger partial charge in [0.2, 0.25) is 5.91 Å². The van der Waals surface area contributed by atoms with Gasteiger partial charge in [-0.3, -0.25) is 19.6 Å². The Labute approximate surface area is 221 Å². The van der Waals surface area contributed by atoms with Gasteiger partial charge in [0, 0.05) is 18.9 Å². The van der Waals surface area contributed by atoms with Crippen LogP contribution < -0.4 is 10.8 Å². The lowest BCUT2D eigenvalue weighted by atomic mass is 10.0. The third kappa shape index (κ3) is 7.68. The monoisotopic (exact) mass is 511 g/mol. The maximum absolute atomic E-state index is 12.1. The van der Waals surface area contributed by atoms with Crippen LogP contribution in [0.25, 0.3) is 33.9 Å². The molecule has 2 amide bonds. The summed E-state index contributed by atoms with van der Waals surface area (Å²) in [7, 11) is 0. The van der Waals surface area contributed by atoms with E-state index >= 15 is 0 Å². The minimum Gasteiger partial charge on any atom is -0.442 e. The Morgan fingerprint density at radius 1 is 0.789 bits per heavy atom. The van der Waals surface area contributed by atoms with Crippen LogP contribution in [-0.2, 0) is 20.9 Å². The van der Waals surface area contributed by atoms with Crippen molar-refractivity contribution >= 4 is 12.0 Å². The van der Waals surface area contributed by atoms with E-state index < -0.39 is 11.7 Å². The van der Waals surface area contributed by atoms with Crippen molar-refractivity contribution in [3.05, 3.63) is 90.8 Å². The fourth-order valence-electron chi connectivity index (χ4n) is 3.51. The molecule has 4 rings (SSSR count). The van der Waals surface area contributed by atoms with Gasteiger partial charge in [-0.1, -0.05) is 36.4 Å². The number of nitrogens with one attached hydrogen (secondary N) is 2. The summed E-state index contributed by atoms with van der Waals surface area (Å²) in [5.74, 6) is -0.376. The summed E-state index contributed by atoms with van der Waals surface area (Å²) in [6.07, 6.45) is 2.73. The molecule has 0 saturated carbocycles. The first-order valence-electron chi connectivity index (χ1n) is 12.1. The van der Waals surface area contributed by atoms with Gasteiger partial charge in [0.25, 0.3) is 0 Å². The molecular formula is C29H29N5O4. The SMILES string of the molecule is CC(C)(C)OC(=O)NOCC(=O)NCc1ccc(-c2cc(-c3ccccn3)nc(-c3ccccn3)c2)cc1. The lowest BCUT2D eigenvalue weighted by Gasteiger charge is -2.19. The van der Waals surface area contributed by atoms with Crippen molar-refractivity contribution in [3.63, 3.8) is 0 Å². The molecule has 0 radical (unpaired) electrons. The lowest BCUT2D eigenvalue weighted by molar-refractivity contribution is -0.128. The highest BCUT2D eigenvalue weighted by Crippen LogP contribution is 2.29. The van der Waals surface area contributed by atoms with Crippen LogP contribution in [0.2, 0.25) is 0 Å². The summed E-state index contributed by atoms with van der Waals surface area (Å²) in [5.41, 5.74) is 7.35. The zero-order valence-corrected chi connectivity index (χ0v) is 21.5. The summed E-state index contributed by atoms with van der Waals surface area (Å²) in [6, 6.07) is 23.3. The Bertz CT molecular complexity index is 1310. The molecule has 1 aromatic carbocycles. The molecular weight excluding hydrogens is 482 g/mol. The molecule has 0 bridgehead atoms. The molecule has 0 spiro atoms. The van der Waals surface area contributed by atoms with Gasteiger partial charge in [0.05, 0.1) is 22.8 Å². The van der Waals surface area contributed by atoms with Gasteiger partial charge in [-0.2, -0.15) is 5.48 Å². The number of ether oxygens (including phenoxy) is 1. The van der Waals surface area contributed by atoms with Gasteiger partial charge in [0.1, 0.15) is 5.60 Å². The highest BCUT2D eigenvalue weighted by atomic mass is 16.7. The number of hydrogen-bond acceptors (Lipinski definition) is 7. The number of hydrogen-bond donors (Lipinski definition) is 2. The highest BCUT2D eigenvalue weighted by molar-refractivity contribution is 5.78. The van der Waals surface area contributed by atoms with E-state index in [1.165, 1.54) is 0 Å². The first kappa shape index (κ1) is 26.4. The van der Waals surface area contributed by atoms with Gasteiger partial charge in [-0.15, -0.1) is 0 Å². The van der Waals surface area contributed by atoms with E-state index in [1.54, 1.807) is 33.2 Å². The van der Waals surface area contributed by atoms with Gasteiger partial charge in [-0.05, 0) is 73.9 Å². The zero-order chi connectivity index (χ0) is 27.0. The van der Waals surface area contributed by atoms with Crippen molar-refractivity contribution in [2.45, 2.75) is 32.9 Å². The Kier molecular flexibility index (Phi) is 8.40. The molecule has 0 saturated heterocycles. The van der Waals surface area contributed by atoms with Crippen molar-refractivity contribution in [2.24, 2.45) is 0 Å². The van der Waals surface area contributed by atoms with Gasteiger partial charge in [0.15, 0.2) is 6.61 Å². The molecule has 2 N–H and O–H groups in total. The standard InChI is InChI=1S/C29H29N5O4/c1-29(2,3)38-28(36)34-37-19-27(35)32-18-20-10-12-21(13-11-20)22-16-25(23-8-4-6-14-30-23)33-26(17-22)24-9-5-7-15-31-24/h4-17H,18-19H2,1-3H3,(H,32,35)(H,34,36). The third-order valence-corrected chi connectivity index (χ3v) is 5.21. The van der Waals surface area contributed by atoms with Gasteiger partial charge >= 0.3 is 6.09 Å². The molecule has 38 heavy (non-hydrogen) atoms. The summed E-state index contributed by atoms with van der Waals surface area (Å²) in [4.78, 5) is 42.3. The van der Waals surface area contributed by atoms with Crippen molar-refractivity contribution < 1.29 is 19.2 Å². The topological polar surface area (TPSA) is 115 Å². The Morgan fingerprint density at radius 3 is 1.92 bits per heavy atom. The van der Waals surface area contributed by atoms with Crippen molar-refractivity contribution in [2.75, 3.05) is 6.61 Å². The van der Waals surface area contributed by atoms with E-state index in [0.717, 1.165) is 39.5 Å². The number of aromatic nitrogens is 3. The summed E-state index contributed by atoms with van der Waals surface area (Å²) < 4.78 is 5.04. The lowest BCUT2D eigenvalue weighted by Crippen LogP contribution is -2.36.